The van der Waals surface area contributed by atoms with Gasteiger partial charge in [-0.05, 0) is 12.1 Å². The summed E-state index contributed by atoms with van der Waals surface area (Å²) in [5.74, 6) is -0.0490. The molecule has 0 spiro atoms. The third-order valence-electron chi connectivity index (χ3n) is 2.91. The van der Waals surface area contributed by atoms with Crippen LogP contribution >= 0.6 is 0 Å². The minimum absolute atomic E-state index is 0.193. The fraction of sp³-hybridized carbons (Fsp3) is 0.143. The number of esters is 1. The molecule has 0 fully saturated rings. The smallest absolute Gasteiger partial charge is 0.356 e. The molecule has 0 saturated carbocycles. The third kappa shape index (κ3) is 1.71. The molecule has 0 atom stereocenters. The molecule has 0 unspecified atom stereocenters. The van der Waals surface area contributed by atoms with E-state index < -0.39 is 5.97 Å². The summed E-state index contributed by atoms with van der Waals surface area (Å²) in [5.41, 5.74) is 2.01. The lowest BCUT2D eigenvalue weighted by atomic mass is 10.2. The van der Waals surface area contributed by atoms with Crippen LogP contribution in [0.1, 0.15) is 10.5 Å². The van der Waals surface area contributed by atoms with E-state index in [1.54, 1.807) is 0 Å². The zero-order valence-electron chi connectivity index (χ0n) is 10.5. The molecule has 0 radical (unpaired) electrons. The van der Waals surface area contributed by atoms with Crippen molar-refractivity contribution in [1.82, 2.24) is 4.98 Å². The van der Waals surface area contributed by atoms with Crippen LogP contribution in [0.3, 0.4) is 0 Å². The molecule has 19 heavy (non-hydrogen) atoms. The second-order valence-electron chi connectivity index (χ2n) is 3.98. The average Bonchev–Trinajstić information content (AvgIpc) is 2.84. The largest absolute Gasteiger partial charge is 0.493 e. The zero-order valence-corrected chi connectivity index (χ0v) is 10.5. The second-order valence-corrected chi connectivity index (χ2v) is 3.98. The van der Waals surface area contributed by atoms with Gasteiger partial charge >= 0.3 is 5.97 Å². The van der Waals surface area contributed by atoms with Crippen LogP contribution in [-0.2, 0) is 4.74 Å². The summed E-state index contributed by atoms with van der Waals surface area (Å²) in [6, 6.07) is 8.99. The van der Waals surface area contributed by atoms with Gasteiger partial charge in [0.2, 0.25) is 0 Å². The lowest BCUT2D eigenvalue weighted by Gasteiger charge is -2.03. The average molecular weight is 257 g/mol. The molecule has 3 rings (SSSR count). The molecule has 2 heterocycles. The van der Waals surface area contributed by atoms with Crippen molar-refractivity contribution in [3.63, 3.8) is 0 Å². The molecule has 0 bridgehead atoms. The molecule has 0 aliphatic carbocycles. The van der Waals surface area contributed by atoms with E-state index in [0.717, 1.165) is 5.39 Å². The topological polar surface area (TPSA) is 61.6 Å². The molecule has 5 nitrogen and oxygen atoms in total. The number of carbonyl (C=O) groups is 1. The van der Waals surface area contributed by atoms with Gasteiger partial charge in [-0.15, -0.1) is 0 Å². The van der Waals surface area contributed by atoms with Crippen LogP contribution in [0.25, 0.3) is 22.1 Å². The number of methoxy groups -OCH3 is 2. The number of carbonyl (C=O) groups excluding carboxylic acids is 1. The second kappa shape index (κ2) is 4.28. The van der Waals surface area contributed by atoms with Gasteiger partial charge in [0.15, 0.2) is 17.0 Å². The highest BCUT2D eigenvalue weighted by Crippen LogP contribution is 2.33. The Labute approximate surface area is 108 Å². The molecule has 0 amide bonds. The summed E-state index contributed by atoms with van der Waals surface area (Å²) in [4.78, 5) is 15.9. The van der Waals surface area contributed by atoms with Crippen molar-refractivity contribution in [2.45, 2.75) is 0 Å². The van der Waals surface area contributed by atoms with Crippen molar-refractivity contribution in [3.8, 4) is 5.75 Å². The molecule has 0 aliphatic rings. The van der Waals surface area contributed by atoms with E-state index in [9.17, 15) is 4.79 Å². The predicted molar refractivity (Wildman–Crippen MR) is 69.4 cm³/mol. The van der Waals surface area contributed by atoms with Crippen LogP contribution in [0.2, 0.25) is 0 Å². The van der Waals surface area contributed by atoms with E-state index in [1.165, 1.54) is 20.3 Å². The van der Waals surface area contributed by atoms with Gasteiger partial charge in [-0.2, -0.15) is 0 Å². The van der Waals surface area contributed by atoms with Crippen molar-refractivity contribution in [1.29, 1.82) is 0 Å². The standard InChI is InChI=1S/C14H11NO4/c1-17-11-7-9(14(16)18-2)15-12-8-5-3-4-6-10(8)19-13(11)12/h3-7H,1-2H3. The molecular weight excluding hydrogens is 246 g/mol. The summed E-state index contributed by atoms with van der Waals surface area (Å²) in [6.07, 6.45) is 0. The molecule has 5 heteroatoms. The first kappa shape index (κ1) is 11.5. The summed E-state index contributed by atoms with van der Waals surface area (Å²) in [6.45, 7) is 0. The highest BCUT2D eigenvalue weighted by Gasteiger charge is 2.18. The Hall–Kier alpha value is -2.56. The summed E-state index contributed by atoms with van der Waals surface area (Å²) >= 11 is 0. The molecule has 2 aromatic heterocycles. The van der Waals surface area contributed by atoms with Crippen LogP contribution < -0.4 is 4.74 Å². The van der Waals surface area contributed by atoms with E-state index in [4.69, 9.17) is 9.15 Å². The summed E-state index contributed by atoms with van der Waals surface area (Å²) < 4.78 is 15.6. The van der Waals surface area contributed by atoms with Gasteiger partial charge in [0, 0.05) is 11.5 Å². The minimum atomic E-state index is -0.509. The Bertz CT molecular complexity index is 776. The van der Waals surface area contributed by atoms with E-state index in [0.29, 0.717) is 22.4 Å². The fourth-order valence-electron chi connectivity index (χ4n) is 2.01. The SMILES string of the molecule is COC(=O)c1cc(OC)c2oc3ccccc3c2n1. The highest BCUT2D eigenvalue weighted by atomic mass is 16.5. The Morgan fingerprint density at radius 3 is 2.79 bits per heavy atom. The van der Waals surface area contributed by atoms with Gasteiger partial charge in [0.05, 0.1) is 14.2 Å². The summed E-state index contributed by atoms with van der Waals surface area (Å²) in [7, 11) is 2.83. The van der Waals surface area contributed by atoms with Crippen molar-refractivity contribution < 1.29 is 18.7 Å². The molecule has 3 aromatic rings. The minimum Gasteiger partial charge on any atom is -0.493 e. The number of nitrogens with zero attached hydrogens (tertiary/aromatic N) is 1. The van der Waals surface area contributed by atoms with E-state index in [-0.39, 0.29) is 5.69 Å². The van der Waals surface area contributed by atoms with Crippen molar-refractivity contribution >= 4 is 28.0 Å². The Morgan fingerprint density at radius 1 is 1.26 bits per heavy atom. The van der Waals surface area contributed by atoms with Crippen molar-refractivity contribution in [2.75, 3.05) is 14.2 Å². The monoisotopic (exact) mass is 257 g/mol. The quantitative estimate of drug-likeness (QED) is 0.660. The molecule has 0 saturated heterocycles. The highest BCUT2D eigenvalue weighted by molar-refractivity contribution is 6.06. The lowest BCUT2D eigenvalue weighted by molar-refractivity contribution is 0.0594. The summed E-state index contributed by atoms with van der Waals surface area (Å²) in [5, 5.41) is 0.835. The van der Waals surface area contributed by atoms with Crippen LogP contribution in [0.15, 0.2) is 34.7 Å². The van der Waals surface area contributed by atoms with Gasteiger partial charge < -0.3 is 13.9 Å². The van der Waals surface area contributed by atoms with E-state index in [2.05, 4.69) is 9.72 Å². The van der Waals surface area contributed by atoms with Crippen molar-refractivity contribution in [2.24, 2.45) is 0 Å². The van der Waals surface area contributed by atoms with E-state index >= 15 is 0 Å². The first-order valence-corrected chi connectivity index (χ1v) is 5.69. The molecular formula is C14H11NO4. The maximum absolute atomic E-state index is 11.6. The first-order valence-electron chi connectivity index (χ1n) is 5.69. The molecule has 0 N–H and O–H groups in total. The molecule has 1 aromatic carbocycles. The van der Waals surface area contributed by atoms with Gasteiger partial charge in [0.1, 0.15) is 11.1 Å². The number of fused-ring (bicyclic) bond motifs is 3. The molecule has 96 valence electrons. The predicted octanol–water partition coefficient (Wildman–Crippen LogP) is 2.78. The lowest BCUT2D eigenvalue weighted by Crippen LogP contribution is -2.04. The van der Waals surface area contributed by atoms with Gasteiger partial charge in [-0.25, -0.2) is 9.78 Å². The van der Waals surface area contributed by atoms with Gasteiger partial charge in [-0.3, -0.25) is 0 Å². The first-order chi connectivity index (χ1) is 9.24. The van der Waals surface area contributed by atoms with Crippen LogP contribution in [-0.4, -0.2) is 25.2 Å². The van der Waals surface area contributed by atoms with Crippen molar-refractivity contribution in [3.05, 3.63) is 36.0 Å². The van der Waals surface area contributed by atoms with E-state index in [1.807, 2.05) is 24.3 Å². The number of benzene rings is 1. The normalized spacial score (nSPS) is 10.8. The number of aromatic nitrogens is 1. The molecule has 0 aliphatic heterocycles. The zero-order chi connectivity index (χ0) is 13.4. The number of furan rings is 1. The maximum Gasteiger partial charge on any atom is 0.356 e. The Kier molecular flexibility index (Phi) is 2.59. The number of rotatable bonds is 2. The number of hydrogen-bond donors (Lipinski definition) is 0. The number of para-hydroxylation sites is 1. The van der Waals surface area contributed by atoms with Gasteiger partial charge in [-0.1, -0.05) is 12.1 Å². The van der Waals surface area contributed by atoms with Crippen LogP contribution in [0.4, 0.5) is 0 Å². The number of hydrogen-bond acceptors (Lipinski definition) is 5. The number of pyridine rings is 1. The third-order valence-corrected chi connectivity index (χ3v) is 2.91. The Morgan fingerprint density at radius 2 is 2.05 bits per heavy atom. The Balaban J connectivity index is 2.40. The van der Waals surface area contributed by atoms with Crippen LogP contribution in [0.5, 0.6) is 5.75 Å². The fourth-order valence-corrected chi connectivity index (χ4v) is 2.01. The maximum atomic E-state index is 11.6. The number of ether oxygens (including phenoxy) is 2. The van der Waals surface area contributed by atoms with Gasteiger partial charge in [0.25, 0.3) is 0 Å². The van der Waals surface area contributed by atoms with Crippen LogP contribution in [0, 0.1) is 0 Å².